The number of nitrogens with two attached hydrogens (primary N) is 1. The number of aldehydes is 1. The van der Waals surface area contributed by atoms with Crippen LogP contribution in [-0.2, 0) is 0 Å². The first-order chi connectivity index (χ1) is 6.22. The number of nitrogen functional groups attached to an aromatic ring is 1. The molecule has 0 spiro atoms. The van der Waals surface area contributed by atoms with Gasteiger partial charge in [0.25, 0.3) is 0 Å². The summed E-state index contributed by atoms with van der Waals surface area (Å²) in [5.74, 6) is -0.324. The molecule has 0 bridgehead atoms. The highest BCUT2D eigenvalue weighted by Gasteiger charge is 2.07. The second-order valence-corrected chi connectivity index (χ2v) is 3.57. The second kappa shape index (κ2) is 2.81. The molecule has 2 rings (SSSR count). The van der Waals surface area contributed by atoms with Gasteiger partial charge in [0.05, 0.1) is 10.4 Å². The Morgan fingerprint density at radius 2 is 2.23 bits per heavy atom. The monoisotopic (exact) mass is 195 g/mol. The SMILES string of the molecule is Nc1cc(C=O)cc2c(F)csc12. The summed E-state index contributed by atoms with van der Waals surface area (Å²) in [6, 6.07) is 3.05. The maximum atomic E-state index is 13.1. The van der Waals surface area contributed by atoms with Gasteiger partial charge in [0.15, 0.2) is 0 Å². The molecule has 0 aliphatic heterocycles. The Morgan fingerprint density at radius 3 is 2.92 bits per heavy atom. The molecular formula is C9H6FNOS. The molecule has 0 aliphatic rings. The first-order valence-electron chi connectivity index (χ1n) is 3.64. The fraction of sp³-hybridized carbons (Fsp3) is 0. The molecule has 0 saturated heterocycles. The highest BCUT2D eigenvalue weighted by molar-refractivity contribution is 7.17. The van der Waals surface area contributed by atoms with Crippen LogP contribution in [0.5, 0.6) is 0 Å². The van der Waals surface area contributed by atoms with Gasteiger partial charge in [0.1, 0.15) is 12.1 Å². The molecule has 2 nitrogen and oxygen atoms in total. The van der Waals surface area contributed by atoms with Crippen molar-refractivity contribution in [1.29, 1.82) is 0 Å². The fourth-order valence-electron chi connectivity index (χ4n) is 1.23. The van der Waals surface area contributed by atoms with Gasteiger partial charge in [-0.25, -0.2) is 4.39 Å². The lowest BCUT2D eigenvalue weighted by Gasteiger charge is -1.97. The first-order valence-corrected chi connectivity index (χ1v) is 4.51. The fourth-order valence-corrected chi connectivity index (χ4v) is 2.05. The zero-order valence-corrected chi connectivity index (χ0v) is 7.40. The maximum Gasteiger partial charge on any atom is 0.150 e. The predicted molar refractivity (Wildman–Crippen MR) is 51.6 cm³/mol. The second-order valence-electron chi connectivity index (χ2n) is 2.69. The van der Waals surface area contributed by atoms with E-state index in [0.717, 1.165) is 0 Å². The number of rotatable bonds is 1. The number of halogens is 1. The number of anilines is 1. The summed E-state index contributed by atoms with van der Waals surface area (Å²) in [6.07, 6.45) is 0.660. The summed E-state index contributed by atoms with van der Waals surface area (Å²) in [7, 11) is 0. The summed E-state index contributed by atoms with van der Waals surface area (Å²) in [5.41, 5.74) is 6.49. The molecule has 4 heteroatoms. The topological polar surface area (TPSA) is 43.1 Å². The van der Waals surface area contributed by atoms with E-state index >= 15 is 0 Å². The number of hydrogen-bond acceptors (Lipinski definition) is 3. The molecule has 0 aliphatic carbocycles. The van der Waals surface area contributed by atoms with Crippen molar-refractivity contribution < 1.29 is 9.18 Å². The van der Waals surface area contributed by atoms with Crippen LogP contribution in [0.4, 0.5) is 10.1 Å². The smallest absolute Gasteiger partial charge is 0.150 e. The molecule has 0 radical (unpaired) electrons. The van der Waals surface area contributed by atoms with Gasteiger partial charge in [-0.3, -0.25) is 4.79 Å². The predicted octanol–water partition coefficient (Wildman–Crippen LogP) is 2.44. The van der Waals surface area contributed by atoms with Gasteiger partial charge in [-0.15, -0.1) is 11.3 Å². The van der Waals surface area contributed by atoms with Gasteiger partial charge in [0, 0.05) is 16.3 Å². The summed E-state index contributed by atoms with van der Waals surface area (Å²) >= 11 is 1.24. The lowest BCUT2D eigenvalue weighted by Crippen LogP contribution is -1.88. The number of carbonyl (C=O) groups is 1. The van der Waals surface area contributed by atoms with Crippen LogP contribution in [0.3, 0.4) is 0 Å². The lowest BCUT2D eigenvalue weighted by atomic mass is 10.1. The van der Waals surface area contributed by atoms with Crippen LogP contribution in [0.15, 0.2) is 17.5 Å². The highest BCUT2D eigenvalue weighted by atomic mass is 32.1. The van der Waals surface area contributed by atoms with Crippen LogP contribution in [0.2, 0.25) is 0 Å². The van der Waals surface area contributed by atoms with E-state index in [-0.39, 0.29) is 5.82 Å². The van der Waals surface area contributed by atoms with Crippen LogP contribution < -0.4 is 5.73 Å². The molecule has 0 saturated carbocycles. The first kappa shape index (κ1) is 8.19. The molecule has 1 aromatic heterocycles. The summed E-state index contributed by atoms with van der Waals surface area (Å²) in [4.78, 5) is 10.5. The van der Waals surface area contributed by atoms with E-state index < -0.39 is 0 Å². The minimum atomic E-state index is -0.324. The highest BCUT2D eigenvalue weighted by Crippen LogP contribution is 2.30. The Hall–Kier alpha value is -1.42. The Balaban J connectivity index is 2.87. The average Bonchev–Trinajstić information content (AvgIpc) is 2.48. The van der Waals surface area contributed by atoms with Crippen molar-refractivity contribution in [3.8, 4) is 0 Å². The molecule has 2 N–H and O–H groups in total. The van der Waals surface area contributed by atoms with Gasteiger partial charge in [-0.2, -0.15) is 0 Å². The van der Waals surface area contributed by atoms with Gasteiger partial charge >= 0.3 is 0 Å². The Bertz CT molecular complexity index is 478. The molecule has 0 fully saturated rings. The summed E-state index contributed by atoms with van der Waals surface area (Å²) < 4.78 is 13.8. The third-order valence-electron chi connectivity index (χ3n) is 1.81. The summed E-state index contributed by atoms with van der Waals surface area (Å²) in [5, 5.41) is 1.81. The number of benzene rings is 1. The quantitative estimate of drug-likeness (QED) is 0.561. The van der Waals surface area contributed by atoms with Crippen LogP contribution in [-0.4, -0.2) is 6.29 Å². The number of carbonyl (C=O) groups excluding carboxylic acids is 1. The average molecular weight is 195 g/mol. The summed E-state index contributed by atoms with van der Waals surface area (Å²) in [6.45, 7) is 0. The minimum Gasteiger partial charge on any atom is -0.398 e. The zero-order chi connectivity index (χ0) is 9.42. The van der Waals surface area contributed by atoms with Gasteiger partial charge < -0.3 is 5.73 Å². The van der Waals surface area contributed by atoms with Crippen molar-refractivity contribution in [3.63, 3.8) is 0 Å². The van der Waals surface area contributed by atoms with Crippen molar-refractivity contribution in [1.82, 2.24) is 0 Å². The van der Waals surface area contributed by atoms with Crippen molar-refractivity contribution >= 4 is 33.4 Å². The van der Waals surface area contributed by atoms with E-state index in [4.69, 9.17) is 5.73 Å². The molecule has 66 valence electrons. The largest absolute Gasteiger partial charge is 0.398 e. The Morgan fingerprint density at radius 1 is 1.46 bits per heavy atom. The lowest BCUT2D eigenvalue weighted by molar-refractivity contribution is 0.112. The van der Waals surface area contributed by atoms with Crippen LogP contribution in [0, 0.1) is 5.82 Å². The molecule has 0 atom stereocenters. The number of thiophene rings is 1. The van der Waals surface area contributed by atoms with Crippen LogP contribution >= 0.6 is 11.3 Å². The van der Waals surface area contributed by atoms with E-state index in [2.05, 4.69) is 0 Å². The zero-order valence-electron chi connectivity index (χ0n) is 6.58. The van der Waals surface area contributed by atoms with Crippen LogP contribution in [0.1, 0.15) is 10.4 Å². The standard InChI is InChI=1S/C9H6FNOS/c10-7-4-13-9-6(7)1-5(3-12)2-8(9)11/h1-4H,11H2. The molecular weight excluding hydrogens is 189 g/mol. The van der Waals surface area contributed by atoms with E-state index in [9.17, 15) is 9.18 Å². The van der Waals surface area contributed by atoms with Crippen LogP contribution in [0.25, 0.3) is 10.1 Å². The third-order valence-corrected chi connectivity index (χ3v) is 2.83. The third kappa shape index (κ3) is 1.19. The Labute approximate surface area is 77.8 Å². The van der Waals surface area contributed by atoms with Crippen molar-refractivity contribution in [2.24, 2.45) is 0 Å². The molecule has 13 heavy (non-hydrogen) atoms. The molecule has 2 aromatic rings. The normalized spacial score (nSPS) is 10.5. The number of fused-ring (bicyclic) bond motifs is 1. The van der Waals surface area contributed by atoms with Crippen molar-refractivity contribution in [2.45, 2.75) is 0 Å². The van der Waals surface area contributed by atoms with Gasteiger partial charge in [-0.05, 0) is 12.1 Å². The Kier molecular flexibility index (Phi) is 1.77. The van der Waals surface area contributed by atoms with Crippen molar-refractivity contribution in [2.75, 3.05) is 5.73 Å². The van der Waals surface area contributed by atoms with Crippen molar-refractivity contribution in [3.05, 3.63) is 28.9 Å². The van der Waals surface area contributed by atoms with Gasteiger partial charge in [-0.1, -0.05) is 0 Å². The molecule has 0 amide bonds. The van der Waals surface area contributed by atoms with E-state index in [1.54, 1.807) is 6.07 Å². The molecule has 0 unspecified atom stereocenters. The van der Waals surface area contributed by atoms with E-state index in [1.807, 2.05) is 0 Å². The van der Waals surface area contributed by atoms with E-state index in [1.165, 1.54) is 22.8 Å². The minimum absolute atomic E-state index is 0.324. The molecule has 1 aromatic carbocycles. The number of hydrogen-bond donors (Lipinski definition) is 1. The maximum absolute atomic E-state index is 13.1. The molecule has 1 heterocycles. The van der Waals surface area contributed by atoms with Gasteiger partial charge in [0.2, 0.25) is 0 Å². The van der Waals surface area contributed by atoms with E-state index in [0.29, 0.717) is 27.6 Å².